The summed E-state index contributed by atoms with van der Waals surface area (Å²) in [5.74, 6) is -0.517. The van der Waals surface area contributed by atoms with Crippen molar-refractivity contribution in [3.8, 4) is 0 Å². The zero-order chi connectivity index (χ0) is 24.5. The predicted octanol–water partition coefficient (Wildman–Crippen LogP) is 5.51. The number of hydrogen-bond donors (Lipinski definition) is 0. The topological polar surface area (TPSA) is 77.8 Å². The first-order valence-corrected chi connectivity index (χ1v) is 11.5. The van der Waals surface area contributed by atoms with Crippen molar-refractivity contribution in [2.45, 2.75) is 58.1 Å². The highest BCUT2D eigenvalue weighted by atomic mass is 16.6. The average molecular weight is 463 g/mol. The maximum absolute atomic E-state index is 13.2. The molecule has 3 aromatic rings. The Balaban J connectivity index is 1.55. The lowest BCUT2D eigenvalue weighted by molar-refractivity contribution is -0.129. The van der Waals surface area contributed by atoms with Gasteiger partial charge in [-0.15, -0.1) is 0 Å². The maximum Gasteiger partial charge on any atom is 0.419 e. The van der Waals surface area contributed by atoms with E-state index in [2.05, 4.69) is 0 Å². The van der Waals surface area contributed by atoms with Crippen molar-refractivity contribution in [3.63, 3.8) is 0 Å². The second-order valence-corrected chi connectivity index (χ2v) is 9.74. The van der Waals surface area contributed by atoms with Crippen molar-refractivity contribution in [1.82, 2.24) is 9.47 Å². The molecule has 2 aromatic carbocycles. The lowest BCUT2D eigenvalue weighted by Gasteiger charge is -2.21. The Hall–Kier alpha value is -3.61. The largest absolute Gasteiger partial charge is 0.447 e. The van der Waals surface area contributed by atoms with Gasteiger partial charge < -0.3 is 9.47 Å². The monoisotopic (exact) mass is 462 g/mol. The van der Waals surface area contributed by atoms with Crippen LogP contribution < -0.4 is 0 Å². The van der Waals surface area contributed by atoms with Gasteiger partial charge in [0, 0.05) is 18.0 Å². The fourth-order valence-electron chi connectivity index (χ4n) is 4.33. The van der Waals surface area contributed by atoms with E-state index in [1.54, 1.807) is 6.20 Å². The van der Waals surface area contributed by atoms with E-state index >= 15 is 0 Å². The van der Waals surface area contributed by atoms with E-state index in [4.69, 9.17) is 9.47 Å². The molecule has 0 aliphatic carbocycles. The van der Waals surface area contributed by atoms with Crippen LogP contribution in [0.4, 0.5) is 9.59 Å². The minimum absolute atomic E-state index is 0.114. The number of amides is 2. The number of carbonyl (C=O) groups is 3. The number of nitrogens with zero attached hydrogens (tertiary/aromatic N) is 2. The number of fused-ring (bicyclic) bond motifs is 1. The molecule has 0 bridgehead atoms. The smallest absolute Gasteiger partial charge is 0.419 e. The molecule has 1 aromatic heterocycles. The molecule has 2 heterocycles. The summed E-state index contributed by atoms with van der Waals surface area (Å²) >= 11 is 0. The molecule has 1 aliphatic heterocycles. The summed E-state index contributed by atoms with van der Waals surface area (Å²) in [5.41, 5.74) is 1.97. The molecule has 0 saturated carbocycles. The Morgan fingerprint density at radius 1 is 1.09 bits per heavy atom. The zero-order valence-corrected chi connectivity index (χ0v) is 20.0. The fourth-order valence-corrected chi connectivity index (χ4v) is 4.33. The van der Waals surface area contributed by atoms with E-state index in [0.29, 0.717) is 11.9 Å². The number of carbonyl (C=O) groups excluding carboxylic acids is 3. The van der Waals surface area contributed by atoms with Crippen molar-refractivity contribution in [3.05, 3.63) is 71.9 Å². The number of rotatable bonds is 5. The highest BCUT2D eigenvalue weighted by Gasteiger charge is 2.38. The number of imide groups is 1. The number of hydrogen-bond acceptors (Lipinski definition) is 5. The van der Waals surface area contributed by atoms with Crippen molar-refractivity contribution in [2.24, 2.45) is 0 Å². The van der Waals surface area contributed by atoms with Crippen LogP contribution in [0.5, 0.6) is 0 Å². The van der Waals surface area contributed by atoms with Crippen LogP contribution in [-0.2, 0) is 20.7 Å². The van der Waals surface area contributed by atoms with E-state index in [1.807, 2.05) is 82.3 Å². The van der Waals surface area contributed by atoms with E-state index in [0.717, 1.165) is 16.5 Å². The third-order valence-electron chi connectivity index (χ3n) is 5.89. The Bertz CT molecular complexity index is 1210. The van der Waals surface area contributed by atoms with Gasteiger partial charge in [0.15, 0.2) is 0 Å². The standard InChI is InChI=1S/C27H30N2O5/c1-18(14-24(30)29-20(17-33-26(29)32)15-19-10-6-5-7-11-19)22-16-28(25(31)34-27(2,3)4)23-13-9-8-12-21(22)23/h5-13,16,18,20H,14-15,17H2,1-4H3/t18-,20+/m1/s1. The van der Waals surface area contributed by atoms with Crippen LogP contribution in [0.25, 0.3) is 10.9 Å². The molecule has 1 fully saturated rings. The molecule has 0 radical (unpaired) electrons. The lowest BCUT2D eigenvalue weighted by Crippen LogP contribution is -2.40. The van der Waals surface area contributed by atoms with Crippen LogP contribution in [0, 0.1) is 0 Å². The summed E-state index contributed by atoms with van der Waals surface area (Å²) in [5, 5.41) is 0.874. The number of ether oxygens (including phenoxy) is 2. The minimum atomic E-state index is -0.631. The Labute approximate surface area is 199 Å². The maximum atomic E-state index is 13.2. The van der Waals surface area contributed by atoms with Crippen LogP contribution in [0.2, 0.25) is 0 Å². The molecule has 4 rings (SSSR count). The third-order valence-corrected chi connectivity index (χ3v) is 5.89. The van der Waals surface area contributed by atoms with Gasteiger partial charge in [-0.05, 0) is 50.3 Å². The van der Waals surface area contributed by atoms with Gasteiger partial charge in [0.1, 0.15) is 12.2 Å². The zero-order valence-electron chi connectivity index (χ0n) is 20.0. The van der Waals surface area contributed by atoms with Crippen LogP contribution in [0.15, 0.2) is 60.8 Å². The summed E-state index contributed by atoms with van der Waals surface area (Å²) in [7, 11) is 0. The summed E-state index contributed by atoms with van der Waals surface area (Å²) in [6.45, 7) is 7.57. The van der Waals surface area contributed by atoms with E-state index in [-0.39, 0.29) is 30.9 Å². The third kappa shape index (κ3) is 4.98. The van der Waals surface area contributed by atoms with Crippen LogP contribution in [0.3, 0.4) is 0 Å². The predicted molar refractivity (Wildman–Crippen MR) is 129 cm³/mol. The Morgan fingerprint density at radius 3 is 2.47 bits per heavy atom. The molecule has 2 atom stereocenters. The second kappa shape index (κ2) is 9.33. The molecular formula is C27H30N2O5. The van der Waals surface area contributed by atoms with E-state index < -0.39 is 17.8 Å². The molecule has 1 saturated heterocycles. The summed E-state index contributed by atoms with van der Waals surface area (Å²) in [4.78, 5) is 39.7. The number of aromatic nitrogens is 1. The van der Waals surface area contributed by atoms with E-state index in [9.17, 15) is 14.4 Å². The molecule has 7 heteroatoms. The first kappa shape index (κ1) is 23.5. The molecule has 1 aliphatic rings. The highest BCUT2D eigenvalue weighted by Crippen LogP contribution is 2.31. The SMILES string of the molecule is C[C@H](CC(=O)N1C(=O)OC[C@@H]1Cc1ccccc1)c1cn(C(=O)OC(C)(C)C)c2ccccc12. The molecule has 2 amide bonds. The van der Waals surface area contributed by atoms with Crippen molar-refractivity contribution < 1.29 is 23.9 Å². The van der Waals surface area contributed by atoms with Gasteiger partial charge in [0.2, 0.25) is 5.91 Å². The number of para-hydroxylation sites is 1. The molecule has 0 spiro atoms. The quantitative estimate of drug-likeness (QED) is 0.500. The van der Waals surface area contributed by atoms with Gasteiger partial charge in [0.05, 0.1) is 11.6 Å². The van der Waals surface area contributed by atoms with Crippen LogP contribution in [-0.4, -0.2) is 45.8 Å². The molecule has 7 nitrogen and oxygen atoms in total. The minimum Gasteiger partial charge on any atom is -0.447 e. The Morgan fingerprint density at radius 2 is 1.76 bits per heavy atom. The first-order valence-electron chi connectivity index (χ1n) is 11.5. The molecule has 34 heavy (non-hydrogen) atoms. The van der Waals surface area contributed by atoms with Crippen molar-refractivity contribution in [2.75, 3.05) is 6.61 Å². The number of benzene rings is 2. The van der Waals surface area contributed by atoms with Crippen molar-refractivity contribution >= 4 is 29.0 Å². The summed E-state index contributed by atoms with van der Waals surface area (Å²) in [6.07, 6.45) is 1.32. The van der Waals surface area contributed by atoms with Crippen LogP contribution >= 0.6 is 0 Å². The molecule has 0 unspecified atom stereocenters. The van der Waals surface area contributed by atoms with Gasteiger partial charge in [-0.3, -0.25) is 9.36 Å². The van der Waals surface area contributed by atoms with Crippen LogP contribution in [0.1, 0.15) is 51.2 Å². The average Bonchev–Trinajstić information content (AvgIpc) is 3.34. The van der Waals surface area contributed by atoms with Gasteiger partial charge >= 0.3 is 12.2 Å². The normalized spacial score (nSPS) is 17.0. The highest BCUT2D eigenvalue weighted by molar-refractivity contribution is 5.95. The summed E-state index contributed by atoms with van der Waals surface area (Å²) < 4.78 is 12.3. The van der Waals surface area contributed by atoms with Gasteiger partial charge in [-0.25, -0.2) is 14.5 Å². The fraction of sp³-hybridized carbons (Fsp3) is 0.370. The number of cyclic esters (lactones) is 1. The van der Waals surface area contributed by atoms with Gasteiger partial charge in [-0.2, -0.15) is 0 Å². The summed E-state index contributed by atoms with van der Waals surface area (Å²) in [6, 6.07) is 16.9. The molecular weight excluding hydrogens is 432 g/mol. The van der Waals surface area contributed by atoms with Crippen molar-refractivity contribution in [1.29, 1.82) is 0 Å². The Kier molecular flexibility index (Phi) is 6.46. The lowest BCUT2D eigenvalue weighted by atomic mass is 9.96. The second-order valence-electron chi connectivity index (χ2n) is 9.74. The van der Waals surface area contributed by atoms with Gasteiger partial charge in [-0.1, -0.05) is 55.5 Å². The molecule has 178 valence electrons. The van der Waals surface area contributed by atoms with E-state index in [1.165, 1.54) is 9.47 Å². The first-order chi connectivity index (χ1) is 16.1. The molecule has 0 N–H and O–H groups in total. The van der Waals surface area contributed by atoms with Gasteiger partial charge in [0.25, 0.3) is 0 Å².